The van der Waals surface area contributed by atoms with Crippen molar-refractivity contribution in [1.82, 2.24) is 0 Å². The molecule has 150 valence electrons. The summed E-state index contributed by atoms with van der Waals surface area (Å²) in [5, 5.41) is 19.7. The molecule has 6 rings (SSSR count). The second kappa shape index (κ2) is 6.88. The quantitative estimate of drug-likeness (QED) is 0.636. The molecule has 2 aromatic carbocycles. The molecule has 0 radical (unpaired) electrons. The molecule has 0 bridgehead atoms. The normalized spacial score (nSPS) is 22.8. The first kappa shape index (κ1) is 18.0. The molecule has 2 aromatic rings. The average Bonchev–Trinajstić information content (AvgIpc) is 2.81. The standard InChI is InChI=1S/C29H22O2/c30-23-12-6-20(7-13-23)27(21-8-14-24(31)15-9-21)25-16-11-22-5-4-18-2-1-3-19-10-17-26(25)29(22)28(18)19/h1-17,27-31H. The number of rotatable bonds is 3. The maximum Gasteiger partial charge on any atom is 0.115 e. The van der Waals surface area contributed by atoms with Crippen LogP contribution in [0.5, 0.6) is 11.5 Å². The van der Waals surface area contributed by atoms with E-state index in [0.717, 1.165) is 11.1 Å². The Bertz CT molecular complexity index is 1230. The van der Waals surface area contributed by atoms with Gasteiger partial charge in [0, 0.05) is 17.8 Å². The SMILES string of the molecule is Oc1ccc(C(C2=C3C=CC4=CC=CC5=CC=C(C=C2)C3C45)c2ccc(O)cc2)cc1. The molecule has 0 spiro atoms. The van der Waals surface area contributed by atoms with Crippen LogP contribution in [0, 0.1) is 11.8 Å². The predicted octanol–water partition coefficient (Wildman–Crippen LogP) is 6.26. The van der Waals surface area contributed by atoms with Gasteiger partial charge in [0.1, 0.15) is 11.5 Å². The van der Waals surface area contributed by atoms with Gasteiger partial charge in [-0.3, -0.25) is 0 Å². The van der Waals surface area contributed by atoms with Gasteiger partial charge < -0.3 is 10.2 Å². The summed E-state index contributed by atoms with van der Waals surface area (Å²) < 4.78 is 0. The van der Waals surface area contributed by atoms with Crippen LogP contribution in [0.2, 0.25) is 0 Å². The largest absolute Gasteiger partial charge is 0.508 e. The van der Waals surface area contributed by atoms with Crippen molar-refractivity contribution in [2.45, 2.75) is 5.92 Å². The second-order valence-corrected chi connectivity index (χ2v) is 8.51. The van der Waals surface area contributed by atoms with Gasteiger partial charge in [0.05, 0.1) is 0 Å². The van der Waals surface area contributed by atoms with Crippen molar-refractivity contribution in [3.8, 4) is 11.5 Å². The van der Waals surface area contributed by atoms with Crippen molar-refractivity contribution in [2.75, 3.05) is 0 Å². The van der Waals surface area contributed by atoms with Gasteiger partial charge in [-0.25, -0.2) is 0 Å². The van der Waals surface area contributed by atoms with E-state index in [1.54, 1.807) is 24.3 Å². The minimum Gasteiger partial charge on any atom is -0.508 e. The lowest BCUT2D eigenvalue weighted by Crippen LogP contribution is -2.30. The number of allylic oxidation sites excluding steroid dienone is 14. The summed E-state index contributed by atoms with van der Waals surface area (Å²) in [6.45, 7) is 0. The van der Waals surface area contributed by atoms with E-state index in [0.29, 0.717) is 11.8 Å². The third kappa shape index (κ3) is 2.87. The molecule has 2 unspecified atom stereocenters. The number of aromatic hydroxyl groups is 2. The summed E-state index contributed by atoms with van der Waals surface area (Å²) in [6, 6.07) is 15.0. The molecule has 0 aromatic heterocycles. The van der Waals surface area contributed by atoms with E-state index in [-0.39, 0.29) is 17.4 Å². The minimum absolute atomic E-state index is 0.0117. The molecular formula is C29H22O2. The molecule has 2 atom stereocenters. The van der Waals surface area contributed by atoms with Crippen molar-refractivity contribution in [3.05, 3.63) is 142 Å². The fourth-order valence-corrected chi connectivity index (χ4v) is 5.38. The third-order valence-electron chi connectivity index (χ3n) is 6.80. The number of phenols is 2. The van der Waals surface area contributed by atoms with Crippen LogP contribution in [-0.2, 0) is 0 Å². The lowest BCUT2D eigenvalue weighted by Gasteiger charge is -2.41. The molecule has 4 aliphatic rings. The molecule has 0 aliphatic heterocycles. The van der Waals surface area contributed by atoms with Crippen molar-refractivity contribution >= 4 is 0 Å². The van der Waals surface area contributed by atoms with E-state index in [2.05, 4.69) is 54.7 Å². The molecule has 2 nitrogen and oxygen atoms in total. The van der Waals surface area contributed by atoms with Crippen LogP contribution >= 0.6 is 0 Å². The van der Waals surface area contributed by atoms with Crippen LogP contribution in [0.15, 0.2) is 131 Å². The third-order valence-corrected chi connectivity index (χ3v) is 6.80. The number of phenolic OH excluding ortho intramolecular Hbond substituents is 2. The van der Waals surface area contributed by atoms with Gasteiger partial charge >= 0.3 is 0 Å². The maximum atomic E-state index is 9.85. The minimum atomic E-state index is 0.0117. The summed E-state index contributed by atoms with van der Waals surface area (Å²) in [4.78, 5) is 0. The number of hydrogen-bond donors (Lipinski definition) is 2. The first-order valence-corrected chi connectivity index (χ1v) is 10.7. The van der Waals surface area contributed by atoms with Gasteiger partial charge in [0.25, 0.3) is 0 Å². The maximum absolute atomic E-state index is 9.85. The van der Waals surface area contributed by atoms with E-state index in [1.165, 1.54) is 27.9 Å². The molecule has 4 aliphatic carbocycles. The highest BCUT2D eigenvalue weighted by molar-refractivity contribution is 5.64. The van der Waals surface area contributed by atoms with Gasteiger partial charge in [-0.05, 0) is 63.3 Å². The zero-order valence-corrected chi connectivity index (χ0v) is 16.9. The Balaban J connectivity index is 1.56. The second-order valence-electron chi connectivity index (χ2n) is 8.51. The number of hydrogen-bond acceptors (Lipinski definition) is 2. The van der Waals surface area contributed by atoms with E-state index in [4.69, 9.17) is 0 Å². The summed E-state index contributed by atoms with van der Waals surface area (Å²) in [5.41, 5.74) is 8.95. The molecule has 0 heterocycles. The Labute approximate surface area is 181 Å². The van der Waals surface area contributed by atoms with Crippen molar-refractivity contribution in [2.24, 2.45) is 11.8 Å². The van der Waals surface area contributed by atoms with Crippen LogP contribution in [0.1, 0.15) is 17.0 Å². The van der Waals surface area contributed by atoms with Crippen molar-refractivity contribution < 1.29 is 10.2 Å². The fraction of sp³-hybridized carbons (Fsp3) is 0.103. The van der Waals surface area contributed by atoms with Gasteiger partial charge in [0.15, 0.2) is 0 Å². The Kier molecular flexibility index (Phi) is 4.00. The Morgan fingerprint density at radius 3 is 1.74 bits per heavy atom. The highest BCUT2D eigenvalue weighted by atomic mass is 16.3. The van der Waals surface area contributed by atoms with Crippen molar-refractivity contribution in [3.63, 3.8) is 0 Å². The Hall–Kier alpha value is -3.78. The van der Waals surface area contributed by atoms with Crippen LogP contribution in [0.4, 0.5) is 0 Å². The highest BCUT2D eigenvalue weighted by Gasteiger charge is 2.39. The van der Waals surface area contributed by atoms with Gasteiger partial charge in [-0.1, -0.05) is 78.9 Å². The zero-order valence-electron chi connectivity index (χ0n) is 16.9. The predicted molar refractivity (Wildman–Crippen MR) is 124 cm³/mol. The van der Waals surface area contributed by atoms with Crippen LogP contribution in [0.3, 0.4) is 0 Å². The van der Waals surface area contributed by atoms with Gasteiger partial charge in [0.2, 0.25) is 0 Å². The summed E-state index contributed by atoms with van der Waals surface area (Å²) >= 11 is 0. The molecular weight excluding hydrogens is 380 g/mol. The smallest absolute Gasteiger partial charge is 0.115 e. The molecule has 2 heteroatoms. The summed E-state index contributed by atoms with van der Waals surface area (Å²) in [6.07, 6.45) is 20.2. The molecule has 0 saturated heterocycles. The summed E-state index contributed by atoms with van der Waals surface area (Å²) in [7, 11) is 0. The van der Waals surface area contributed by atoms with Crippen LogP contribution < -0.4 is 0 Å². The lowest BCUT2D eigenvalue weighted by atomic mass is 9.62. The Morgan fingerprint density at radius 1 is 0.548 bits per heavy atom. The van der Waals surface area contributed by atoms with Crippen LogP contribution in [-0.4, -0.2) is 10.2 Å². The molecule has 0 saturated carbocycles. The lowest BCUT2D eigenvalue weighted by molar-refractivity contribution is 0.475. The van der Waals surface area contributed by atoms with Crippen LogP contribution in [0.25, 0.3) is 0 Å². The number of benzene rings is 2. The summed E-state index contributed by atoms with van der Waals surface area (Å²) in [5.74, 6) is 1.22. The first-order valence-electron chi connectivity index (χ1n) is 10.7. The molecule has 2 N–H and O–H groups in total. The van der Waals surface area contributed by atoms with E-state index in [9.17, 15) is 10.2 Å². The van der Waals surface area contributed by atoms with E-state index in [1.807, 2.05) is 24.3 Å². The average molecular weight is 402 g/mol. The monoisotopic (exact) mass is 402 g/mol. The van der Waals surface area contributed by atoms with E-state index < -0.39 is 0 Å². The molecule has 0 fully saturated rings. The highest BCUT2D eigenvalue weighted by Crippen LogP contribution is 2.52. The first-order chi connectivity index (χ1) is 15.2. The van der Waals surface area contributed by atoms with Gasteiger partial charge in [-0.2, -0.15) is 0 Å². The molecule has 31 heavy (non-hydrogen) atoms. The zero-order chi connectivity index (χ0) is 20.9. The Morgan fingerprint density at radius 2 is 1.10 bits per heavy atom. The van der Waals surface area contributed by atoms with Gasteiger partial charge in [-0.15, -0.1) is 0 Å². The van der Waals surface area contributed by atoms with E-state index >= 15 is 0 Å². The van der Waals surface area contributed by atoms with Crippen molar-refractivity contribution in [1.29, 1.82) is 0 Å². The molecule has 0 amide bonds. The topological polar surface area (TPSA) is 40.5 Å². The fourth-order valence-electron chi connectivity index (χ4n) is 5.38.